The van der Waals surface area contributed by atoms with Gasteiger partial charge >= 0.3 is 0 Å². The Kier molecular flexibility index (Phi) is 6.85. The summed E-state index contributed by atoms with van der Waals surface area (Å²) < 4.78 is 26.8. The number of thioether (sulfide) groups is 1. The Morgan fingerprint density at radius 2 is 2.05 bits per heavy atom. The van der Waals surface area contributed by atoms with Gasteiger partial charge < -0.3 is 5.73 Å². The Bertz CT molecular complexity index is 501. The van der Waals surface area contributed by atoms with E-state index in [4.69, 9.17) is 5.73 Å². The Labute approximate surface area is 120 Å². The van der Waals surface area contributed by atoms with Gasteiger partial charge in [0.1, 0.15) is 0 Å². The fourth-order valence-corrected chi connectivity index (χ4v) is 3.31. The number of benzene rings is 1. The van der Waals surface area contributed by atoms with E-state index >= 15 is 0 Å². The van der Waals surface area contributed by atoms with Gasteiger partial charge in [-0.05, 0) is 55.0 Å². The van der Waals surface area contributed by atoms with Gasteiger partial charge in [-0.25, -0.2) is 13.1 Å². The molecule has 0 aliphatic heterocycles. The van der Waals surface area contributed by atoms with Gasteiger partial charge in [-0.3, -0.25) is 0 Å². The van der Waals surface area contributed by atoms with E-state index in [1.54, 1.807) is 30.0 Å². The van der Waals surface area contributed by atoms with E-state index in [-0.39, 0.29) is 0 Å². The van der Waals surface area contributed by atoms with Crippen LogP contribution in [0.2, 0.25) is 0 Å². The number of nitrogens with one attached hydrogen (secondary N) is 1. The third-order valence-electron chi connectivity index (χ3n) is 2.92. The first kappa shape index (κ1) is 16.5. The molecular formula is C13H22N2O2S2. The Morgan fingerprint density at radius 1 is 1.32 bits per heavy atom. The van der Waals surface area contributed by atoms with Gasteiger partial charge in [0.05, 0.1) is 4.90 Å². The summed E-state index contributed by atoms with van der Waals surface area (Å²) in [6.07, 6.45) is 3.92. The number of rotatable bonds is 8. The van der Waals surface area contributed by atoms with Crippen molar-refractivity contribution in [2.75, 3.05) is 18.6 Å². The standard InChI is InChI=1S/C13H22N2O2S2/c1-11-5-6-13(9-12(11)10-14)19(16,17)15-7-3-4-8-18-2/h5-6,9,15H,3-4,7-8,10,14H2,1-2H3. The second kappa shape index (κ2) is 7.89. The predicted octanol–water partition coefficient (Wildman–Crippen LogP) is 1.88. The maximum absolute atomic E-state index is 12.1. The van der Waals surface area contributed by atoms with Crippen LogP contribution in [0.3, 0.4) is 0 Å². The summed E-state index contributed by atoms with van der Waals surface area (Å²) in [5.41, 5.74) is 7.48. The fourth-order valence-electron chi connectivity index (χ4n) is 1.70. The third kappa shape index (κ3) is 5.14. The molecule has 0 aliphatic rings. The van der Waals surface area contributed by atoms with Gasteiger partial charge in [-0.1, -0.05) is 6.07 Å². The molecule has 0 spiro atoms. The number of aryl methyl sites for hydroxylation is 1. The van der Waals surface area contributed by atoms with E-state index in [1.807, 2.05) is 13.2 Å². The molecule has 3 N–H and O–H groups in total. The zero-order chi connectivity index (χ0) is 14.3. The SMILES string of the molecule is CSCCCCNS(=O)(=O)c1ccc(C)c(CN)c1. The lowest BCUT2D eigenvalue weighted by molar-refractivity contribution is 0.578. The molecule has 19 heavy (non-hydrogen) atoms. The highest BCUT2D eigenvalue weighted by Crippen LogP contribution is 2.15. The molecule has 108 valence electrons. The lowest BCUT2D eigenvalue weighted by Gasteiger charge is -2.09. The van der Waals surface area contributed by atoms with Crippen LogP contribution in [0.1, 0.15) is 24.0 Å². The van der Waals surface area contributed by atoms with Gasteiger partial charge in [0.25, 0.3) is 0 Å². The Balaban J connectivity index is 2.67. The van der Waals surface area contributed by atoms with Crippen molar-refractivity contribution in [2.24, 2.45) is 5.73 Å². The van der Waals surface area contributed by atoms with Crippen molar-refractivity contribution in [1.29, 1.82) is 0 Å². The molecule has 0 radical (unpaired) electrons. The minimum absolute atomic E-state index is 0.295. The van der Waals surface area contributed by atoms with Crippen LogP contribution in [-0.2, 0) is 16.6 Å². The zero-order valence-corrected chi connectivity index (χ0v) is 13.1. The number of hydrogen-bond donors (Lipinski definition) is 2. The number of hydrogen-bond acceptors (Lipinski definition) is 4. The van der Waals surface area contributed by atoms with Crippen LogP contribution in [0.5, 0.6) is 0 Å². The van der Waals surface area contributed by atoms with Gasteiger partial charge in [0.15, 0.2) is 0 Å². The average Bonchev–Trinajstić information content (AvgIpc) is 2.38. The van der Waals surface area contributed by atoms with Gasteiger partial charge in [-0.15, -0.1) is 0 Å². The highest BCUT2D eigenvalue weighted by molar-refractivity contribution is 7.98. The molecule has 4 nitrogen and oxygen atoms in total. The van der Waals surface area contributed by atoms with E-state index in [1.165, 1.54) is 0 Å². The summed E-state index contributed by atoms with van der Waals surface area (Å²) in [5.74, 6) is 1.06. The average molecular weight is 302 g/mol. The smallest absolute Gasteiger partial charge is 0.240 e. The molecule has 1 aromatic carbocycles. The predicted molar refractivity (Wildman–Crippen MR) is 81.9 cm³/mol. The molecular weight excluding hydrogens is 280 g/mol. The molecule has 1 rings (SSSR count). The van der Waals surface area contributed by atoms with Crippen LogP contribution < -0.4 is 10.5 Å². The molecule has 0 aromatic heterocycles. The molecule has 0 aliphatic carbocycles. The minimum Gasteiger partial charge on any atom is -0.326 e. The highest BCUT2D eigenvalue weighted by atomic mass is 32.2. The topological polar surface area (TPSA) is 72.2 Å². The van der Waals surface area contributed by atoms with Crippen LogP contribution in [0.15, 0.2) is 23.1 Å². The highest BCUT2D eigenvalue weighted by Gasteiger charge is 2.14. The van der Waals surface area contributed by atoms with Gasteiger partial charge in [0.2, 0.25) is 10.0 Å². The number of nitrogens with two attached hydrogens (primary N) is 1. The summed E-state index contributed by atoms with van der Waals surface area (Å²) in [4.78, 5) is 0.295. The number of sulfonamides is 1. The van der Waals surface area contributed by atoms with Crippen LogP contribution >= 0.6 is 11.8 Å². The van der Waals surface area contributed by atoms with Crippen molar-refractivity contribution in [2.45, 2.75) is 31.2 Å². The lowest BCUT2D eigenvalue weighted by atomic mass is 10.1. The zero-order valence-electron chi connectivity index (χ0n) is 11.5. The van der Waals surface area contributed by atoms with Crippen molar-refractivity contribution in [1.82, 2.24) is 4.72 Å². The van der Waals surface area contributed by atoms with Crippen LogP contribution in [0, 0.1) is 6.92 Å². The van der Waals surface area contributed by atoms with Crippen molar-refractivity contribution < 1.29 is 8.42 Å². The number of unbranched alkanes of at least 4 members (excludes halogenated alkanes) is 1. The summed E-state index contributed by atoms with van der Waals surface area (Å²) >= 11 is 1.77. The summed E-state index contributed by atoms with van der Waals surface area (Å²) in [5, 5.41) is 0. The van der Waals surface area contributed by atoms with Gasteiger partial charge in [-0.2, -0.15) is 11.8 Å². The van der Waals surface area contributed by atoms with Crippen molar-refractivity contribution in [3.05, 3.63) is 29.3 Å². The van der Waals surface area contributed by atoms with Crippen LogP contribution in [0.4, 0.5) is 0 Å². The molecule has 0 saturated carbocycles. The Morgan fingerprint density at radius 3 is 2.68 bits per heavy atom. The molecule has 0 unspecified atom stereocenters. The molecule has 0 heterocycles. The van der Waals surface area contributed by atoms with Crippen LogP contribution in [-0.4, -0.2) is 27.0 Å². The Hall–Kier alpha value is -0.560. The summed E-state index contributed by atoms with van der Waals surface area (Å²) in [6, 6.07) is 5.07. The maximum Gasteiger partial charge on any atom is 0.240 e. The molecule has 0 atom stereocenters. The van der Waals surface area contributed by atoms with Crippen molar-refractivity contribution in [3.63, 3.8) is 0 Å². The fraction of sp³-hybridized carbons (Fsp3) is 0.538. The van der Waals surface area contributed by atoms with E-state index in [0.717, 1.165) is 29.7 Å². The third-order valence-corrected chi connectivity index (χ3v) is 5.07. The molecule has 6 heteroatoms. The monoisotopic (exact) mass is 302 g/mol. The largest absolute Gasteiger partial charge is 0.326 e. The van der Waals surface area contributed by atoms with Crippen molar-refractivity contribution >= 4 is 21.8 Å². The van der Waals surface area contributed by atoms with E-state index in [2.05, 4.69) is 4.72 Å². The second-order valence-corrected chi connectivity index (χ2v) is 7.14. The molecule has 0 fully saturated rings. The normalized spacial score (nSPS) is 11.7. The summed E-state index contributed by atoms with van der Waals surface area (Å²) in [6.45, 7) is 2.76. The van der Waals surface area contributed by atoms with Crippen LogP contribution in [0.25, 0.3) is 0 Å². The second-order valence-electron chi connectivity index (χ2n) is 4.39. The molecule has 0 amide bonds. The molecule has 0 saturated heterocycles. The quantitative estimate of drug-likeness (QED) is 0.719. The van der Waals surface area contributed by atoms with Crippen molar-refractivity contribution in [3.8, 4) is 0 Å². The first-order chi connectivity index (χ1) is 9.01. The first-order valence-corrected chi connectivity index (χ1v) is 9.17. The minimum atomic E-state index is -3.41. The first-order valence-electron chi connectivity index (χ1n) is 6.29. The maximum atomic E-state index is 12.1. The molecule has 1 aromatic rings. The van der Waals surface area contributed by atoms with E-state index in [0.29, 0.717) is 18.0 Å². The van der Waals surface area contributed by atoms with Gasteiger partial charge in [0, 0.05) is 13.1 Å². The molecule has 0 bridgehead atoms. The lowest BCUT2D eigenvalue weighted by Crippen LogP contribution is -2.25. The summed E-state index contributed by atoms with van der Waals surface area (Å²) in [7, 11) is -3.41. The van der Waals surface area contributed by atoms with E-state index in [9.17, 15) is 8.42 Å². The van der Waals surface area contributed by atoms with E-state index < -0.39 is 10.0 Å².